The molecule has 1 aromatic carbocycles. The van der Waals surface area contributed by atoms with Gasteiger partial charge in [0.15, 0.2) is 0 Å². The predicted octanol–water partition coefficient (Wildman–Crippen LogP) is 3.31. The number of aliphatic hydroxyl groups is 1. The molecule has 1 aromatic rings. The Morgan fingerprint density at radius 1 is 1.36 bits per heavy atom. The normalized spacial score (nSPS) is 21.8. The Morgan fingerprint density at radius 3 is 2.64 bits per heavy atom. The topological polar surface area (TPSA) is 40.5 Å². The lowest BCUT2D eigenvalue weighted by molar-refractivity contribution is -0.137. The van der Waals surface area contributed by atoms with E-state index in [0.29, 0.717) is 5.56 Å². The van der Waals surface area contributed by atoms with Crippen LogP contribution in [0.2, 0.25) is 0 Å². The van der Waals surface area contributed by atoms with E-state index in [2.05, 4.69) is 0 Å². The number of nitrogens with zero attached hydrogens (tertiary/aromatic N) is 1. The summed E-state index contributed by atoms with van der Waals surface area (Å²) in [6.07, 6.45) is -3.49. The van der Waals surface area contributed by atoms with Gasteiger partial charge in [-0.3, -0.25) is 4.79 Å². The number of likely N-dealkylation sites (tertiary alicyclic amines) is 1. The fraction of sp³-hybridized carbons (Fsp3) is 0.438. The maximum Gasteiger partial charge on any atom is 0.416 e. The van der Waals surface area contributed by atoms with Crippen molar-refractivity contribution < 1.29 is 23.1 Å². The van der Waals surface area contributed by atoms with Crippen LogP contribution in [0.15, 0.2) is 35.9 Å². The number of hydrogen-bond donors (Lipinski definition) is 1. The van der Waals surface area contributed by atoms with E-state index in [1.165, 1.54) is 17.0 Å². The van der Waals surface area contributed by atoms with Crippen molar-refractivity contribution in [2.45, 2.75) is 38.6 Å². The molecule has 0 spiro atoms. The third-order valence-electron chi connectivity index (χ3n) is 3.57. The first-order valence-corrected chi connectivity index (χ1v) is 6.99. The number of allylic oxidation sites excluding steroid dienone is 1. The van der Waals surface area contributed by atoms with Crippen LogP contribution in [0.4, 0.5) is 13.2 Å². The van der Waals surface area contributed by atoms with Gasteiger partial charge in [-0.05, 0) is 38.0 Å². The number of hydrogen-bond acceptors (Lipinski definition) is 2. The lowest BCUT2D eigenvalue weighted by Crippen LogP contribution is -2.30. The molecule has 0 unspecified atom stereocenters. The zero-order chi connectivity index (χ0) is 16.5. The zero-order valence-corrected chi connectivity index (χ0v) is 12.4. The van der Waals surface area contributed by atoms with Crippen LogP contribution in [0, 0.1) is 0 Å². The monoisotopic (exact) mass is 313 g/mol. The molecule has 2 atom stereocenters. The van der Waals surface area contributed by atoms with Crippen LogP contribution in [0.3, 0.4) is 0 Å². The largest absolute Gasteiger partial charge is 0.416 e. The van der Waals surface area contributed by atoms with Gasteiger partial charge in [0, 0.05) is 12.6 Å². The molecule has 1 amide bonds. The van der Waals surface area contributed by atoms with Gasteiger partial charge in [0.25, 0.3) is 0 Å². The predicted molar refractivity (Wildman–Crippen MR) is 76.0 cm³/mol. The van der Waals surface area contributed by atoms with Crippen LogP contribution in [-0.4, -0.2) is 28.6 Å². The van der Waals surface area contributed by atoms with Crippen molar-refractivity contribution in [2.75, 3.05) is 6.54 Å². The van der Waals surface area contributed by atoms with Gasteiger partial charge < -0.3 is 10.0 Å². The molecule has 0 radical (unpaired) electrons. The van der Waals surface area contributed by atoms with E-state index < -0.39 is 23.9 Å². The maximum atomic E-state index is 12.8. The smallest absolute Gasteiger partial charge is 0.391 e. The van der Waals surface area contributed by atoms with Crippen LogP contribution >= 0.6 is 0 Å². The summed E-state index contributed by atoms with van der Waals surface area (Å²) >= 11 is 0. The third-order valence-corrected chi connectivity index (χ3v) is 3.57. The first-order chi connectivity index (χ1) is 10.2. The third kappa shape index (κ3) is 3.68. The highest BCUT2D eigenvalue weighted by Crippen LogP contribution is 2.36. The van der Waals surface area contributed by atoms with Gasteiger partial charge in [-0.1, -0.05) is 17.7 Å². The molecule has 1 saturated heterocycles. The summed E-state index contributed by atoms with van der Waals surface area (Å²) < 4.78 is 38.5. The SMILES string of the molecule is CC(C)=CC(=O)N1C[C@H](O)C[C@H]1c1cccc(C(F)(F)F)c1. The number of β-amino-alcohol motifs (C(OH)–C–C–N with tert-alkyl or cyclic N) is 1. The molecular weight excluding hydrogens is 295 g/mol. The van der Waals surface area contributed by atoms with Crippen LogP contribution in [0.1, 0.15) is 37.4 Å². The summed E-state index contributed by atoms with van der Waals surface area (Å²) in [7, 11) is 0. The second kappa shape index (κ2) is 6.12. The van der Waals surface area contributed by atoms with Crippen molar-refractivity contribution in [2.24, 2.45) is 0 Å². The minimum absolute atomic E-state index is 0.128. The van der Waals surface area contributed by atoms with Gasteiger partial charge in [-0.2, -0.15) is 13.2 Å². The highest BCUT2D eigenvalue weighted by Gasteiger charge is 2.36. The average Bonchev–Trinajstić information content (AvgIpc) is 2.79. The molecule has 3 nitrogen and oxygen atoms in total. The van der Waals surface area contributed by atoms with E-state index in [-0.39, 0.29) is 18.9 Å². The zero-order valence-electron chi connectivity index (χ0n) is 12.4. The molecule has 1 heterocycles. The first-order valence-electron chi connectivity index (χ1n) is 6.99. The molecule has 0 aromatic heterocycles. The molecule has 0 bridgehead atoms. The van der Waals surface area contributed by atoms with Gasteiger partial charge >= 0.3 is 6.18 Å². The van der Waals surface area contributed by atoms with Gasteiger partial charge in [-0.15, -0.1) is 0 Å². The number of carbonyl (C=O) groups excluding carboxylic acids is 1. The molecule has 6 heteroatoms. The van der Waals surface area contributed by atoms with E-state index in [9.17, 15) is 23.1 Å². The van der Waals surface area contributed by atoms with E-state index in [1.807, 2.05) is 0 Å². The Bertz CT molecular complexity index is 591. The number of carbonyl (C=O) groups is 1. The van der Waals surface area contributed by atoms with Crippen molar-refractivity contribution in [3.8, 4) is 0 Å². The van der Waals surface area contributed by atoms with Crippen molar-refractivity contribution in [1.82, 2.24) is 4.90 Å². The maximum absolute atomic E-state index is 12.8. The highest BCUT2D eigenvalue weighted by molar-refractivity contribution is 5.88. The molecule has 2 rings (SSSR count). The summed E-state index contributed by atoms with van der Waals surface area (Å²) in [4.78, 5) is 13.6. The van der Waals surface area contributed by atoms with E-state index in [0.717, 1.165) is 17.7 Å². The molecule has 120 valence electrons. The van der Waals surface area contributed by atoms with E-state index in [1.54, 1.807) is 19.9 Å². The highest BCUT2D eigenvalue weighted by atomic mass is 19.4. The number of rotatable bonds is 2. The van der Waals surface area contributed by atoms with Gasteiger partial charge in [-0.25, -0.2) is 0 Å². The van der Waals surface area contributed by atoms with Crippen molar-refractivity contribution in [3.05, 3.63) is 47.0 Å². The fourth-order valence-corrected chi connectivity index (χ4v) is 2.63. The Balaban J connectivity index is 2.33. The molecule has 22 heavy (non-hydrogen) atoms. The molecule has 1 N–H and O–H groups in total. The van der Waals surface area contributed by atoms with Crippen LogP contribution < -0.4 is 0 Å². The Labute approximate surface area is 127 Å². The number of halogens is 3. The lowest BCUT2D eigenvalue weighted by atomic mass is 10.0. The summed E-state index contributed by atoms with van der Waals surface area (Å²) in [6.45, 7) is 3.66. The molecule has 0 saturated carbocycles. The summed E-state index contributed by atoms with van der Waals surface area (Å²) in [6, 6.07) is 4.39. The number of aliphatic hydroxyl groups excluding tert-OH is 1. The Hall–Kier alpha value is -1.82. The number of amides is 1. The second-order valence-electron chi connectivity index (χ2n) is 5.74. The van der Waals surface area contributed by atoms with Crippen LogP contribution in [0.25, 0.3) is 0 Å². The summed E-state index contributed by atoms with van der Waals surface area (Å²) in [5, 5.41) is 9.81. The van der Waals surface area contributed by atoms with Gasteiger partial charge in [0.05, 0.1) is 17.7 Å². The molecule has 1 aliphatic rings. The van der Waals surface area contributed by atoms with Gasteiger partial charge in [0.2, 0.25) is 5.91 Å². The van der Waals surface area contributed by atoms with Crippen molar-refractivity contribution in [1.29, 1.82) is 0 Å². The average molecular weight is 313 g/mol. The summed E-state index contributed by atoms with van der Waals surface area (Å²) in [5.74, 6) is -0.293. The first kappa shape index (κ1) is 16.5. The van der Waals surface area contributed by atoms with Crippen LogP contribution in [0.5, 0.6) is 0 Å². The standard InChI is InChI=1S/C16H18F3NO2/c1-10(2)6-15(22)20-9-13(21)8-14(20)11-4-3-5-12(7-11)16(17,18)19/h3-7,13-14,21H,8-9H2,1-2H3/t13-,14+/m1/s1. The van der Waals surface area contributed by atoms with Gasteiger partial charge in [0.1, 0.15) is 0 Å². The van der Waals surface area contributed by atoms with Crippen LogP contribution in [-0.2, 0) is 11.0 Å². The second-order valence-corrected chi connectivity index (χ2v) is 5.74. The minimum atomic E-state index is -4.43. The molecule has 1 fully saturated rings. The fourth-order valence-electron chi connectivity index (χ4n) is 2.63. The molecular formula is C16H18F3NO2. The number of alkyl halides is 3. The van der Waals surface area contributed by atoms with E-state index >= 15 is 0 Å². The minimum Gasteiger partial charge on any atom is -0.391 e. The lowest BCUT2D eigenvalue weighted by Gasteiger charge is -2.24. The van der Waals surface area contributed by atoms with Crippen molar-refractivity contribution in [3.63, 3.8) is 0 Å². The molecule has 0 aliphatic carbocycles. The van der Waals surface area contributed by atoms with Crippen molar-refractivity contribution >= 4 is 5.91 Å². The number of benzene rings is 1. The van der Waals surface area contributed by atoms with E-state index in [4.69, 9.17) is 0 Å². The Kier molecular flexibility index (Phi) is 4.60. The quantitative estimate of drug-likeness (QED) is 0.851. The molecule has 1 aliphatic heterocycles. The summed E-state index contributed by atoms with van der Waals surface area (Å²) in [5.41, 5.74) is 0.442. The Morgan fingerprint density at radius 2 is 2.05 bits per heavy atom.